The molecule has 2 N–H and O–H groups in total. The molecule has 0 bridgehead atoms. The smallest absolute Gasteiger partial charge is 0.408 e. The lowest BCUT2D eigenvalue weighted by atomic mass is 10.2. The van der Waals surface area contributed by atoms with Crippen LogP contribution < -0.4 is 15.4 Å². The van der Waals surface area contributed by atoms with Gasteiger partial charge in [-0.2, -0.15) is 0 Å². The van der Waals surface area contributed by atoms with Crippen molar-refractivity contribution < 1.29 is 9.53 Å². The van der Waals surface area contributed by atoms with E-state index in [0.717, 1.165) is 37.6 Å². The maximum Gasteiger partial charge on any atom is 0.410 e. The van der Waals surface area contributed by atoms with Crippen LogP contribution >= 0.6 is 0 Å². The van der Waals surface area contributed by atoms with E-state index in [1.807, 2.05) is 23.7 Å². The fourth-order valence-corrected chi connectivity index (χ4v) is 3.09. The van der Waals surface area contributed by atoms with E-state index in [9.17, 15) is 4.79 Å². The molecule has 1 aliphatic rings. The van der Waals surface area contributed by atoms with E-state index in [1.165, 1.54) is 0 Å². The molecule has 1 aromatic carbocycles. The van der Waals surface area contributed by atoms with Gasteiger partial charge >= 0.3 is 6.09 Å². The number of carbonyl (C=O) groups is 1. The maximum absolute atomic E-state index is 11.1. The molecule has 0 aliphatic carbocycles. The summed E-state index contributed by atoms with van der Waals surface area (Å²) < 4.78 is 7.10. The van der Waals surface area contributed by atoms with Crippen molar-refractivity contribution in [3.8, 4) is 5.75 Å². The van der Waals surface area contributed by atoms with Gasteiger partial charge in [-0.15, -0.1) is 0 Å². The minimum absolute atomic E-state index is 0.401. The summed E-state index contributed by atoms with van der Waals surface area (Å²) in [4.78, 5) is 20.5. The molecule has 2 heterocycles. The van der Waals surface area contributed by atoms with Crippen LogP contribution in [0, 0.1) is 0 Å². The van der Waals surface area contributed by atoms with E-state index in [-0.39, 0.29) is 0 Å². The van der Waals surface area contributed by atoms with Gasteiger partial charge in [-0.05, 0) is 26.0 Å². The molecule has 7 heteroatoms. The Morgan fingerprint density at radius 1 is 1.26 bits per heavy atom. The molecule has 1 aromatic heterocycles. The summed E-state index contributed by atoms with van der Waals surface area (Å²) in [6.07, 6.45) is -0.824. The molecule has 0 radical (unpaired) electrons. The van der Waals surface area contributed by atoms with Crippen LogP contribution in [0.5, 0.6) is 5.75 Å². The van der Waals surface area contributed by atoms with Gasteiger partial charge in [-0.1, -0.05) is 6.07 Å². The highest BCUT2D eigenvalue weighted by molar-refractivity contribution is 5.87. The van der Waals surface area contributed by atoms with E-state index >= 15 is 0 Å². The molecule has 0 saturated carbocycles. The third-order valence-corrected chi connectivity index (χ3v) is 4.39. The number of hydrogen-bond acceptors (Lipinski definition) is 5. The lowest BCUT2D eigenvalue weighted by molar-refractivity contribution is 0.208. The van der Waals surface area contributed by atoms with Crippen molar-refractivity contribution in [3.05, 3.63) is 18.2 Å². The van der Waals surface area contributed by atoms with Gasteiger partial charge in [0.05, 0.1) is 5.52 Å². The quantitative estimate of drug-likeness (QED) is 0.929. The number of piperazine rings is 1. The van der Waals surface area contributed by atoms with Crippen molar-refractivity contribution in [2.45, 2.75) is 19.9 Å². The summed E-state index contributed by atoms with van der Waals surface area (Å²) in [5, 5.41) is 0. The molecular weight excluding hydrogens is 294 g/mol. The minimum Gasteiger partial charge on any atom is -0.408 e. The normalized spacial score (nSPS) is 16.3. The SMILES string of the molecule is CC(C)N1CCN(c2nc3c(OC(N)=O)cccc3n2C)CC1. The fourth-order valence-electron chi connectivity index (χ4n) is 3.09. The number of anilines is 1. The van der Waals surface area contributed by atoms with Crippen LogP contribution in [-0.2, 0) is 7.05 Å². The molecule has 0 unspecified atom stereocenters. The lowest BCUT2D eigenvalue weighted by Crippen LogP contribution is -2.49. The Balaban J connectivity index is 1.90. The Hall–Kier alpha value is -2.28. The molecule has 1 aliphatic heterocycles. The van der Waals surface area contributed by atoms with E-state index in [4.69, 9.17) is 15.5 Å². The highest BCUT2D eigenvalue weighted by Crippen LogP contribution is 2.29. The number of hydrogen-bond donors (Lipinski definition) is 1. The zero-order valence-electron chi connectivity index (χ0n) is 13.8. The number of rotatable bonds is 3. The second-order valence-corrected chi connectivity index (χ2v) is 6.13. The number of para-hydroxylation sites is 1. The molecule has 1 amide bonds. The first kappa shape index (κ1) is 15.6. The van der Waals surface area contributed by atoms with Crippen molar-refractivity contribution in [2.24, 2.45) is 12.8 Å². The summed E-state index contributed by atoms with van der Waals surface area (Å²) in [5.74, 6) is 1.29. The average Bonchev–Trinajstić information content (AvgIpc) is 2.85. The Bertz CT molecular complexity index is 717. The number of imidazole rings is 1. The monoisotopic (exact) mass is 317 g/mol. The summed E-state index contributed by atoms with van der Waals surface area (Å²) in [7, 11) is 1.98. The number of fused-ring (bicyclic) bond motifs is 1. The molecule has 0 spiro atoms. The second kappa shape index (κ2) is 6.08. The summed E-state index contributed by atoms with van der Waals surface area (Å²) >= 11 is 0. The Morgan fingerprint density at radius 2 is 1.96 bits per heavy atom. The van der Waals surface area contributed by atoms with E-state index in [1.54, 1.807) is 6.07 Å². The van der Waals surface area contributed by atoms with Crippen molar-refractivity contribution in [2.75, 3.05) is 31.1 Å². The summed E-state index contributed by atoms with van der Waals surface area (Å²) in [6, 6.07) is 6.07. The predicted octanol–water partition coefficient (Wildman–Crippen LogP) is 1.56. The molecular formula is C16H23N5O2. The number of aryl methyl sites for hydroxylation is 1. The van der Waals surface area contributed by atoms with Gasteiger partial charge in [-0.3, -0.25) is 4.90 Å². The maximum atomic E-state index is 11.1. The number of benzene rings is 1. The van der Waals surface area contributed by atoms with Gasteiger partial charge in [0.1, 0.15) is 5.52 Å². The van der Waals surface area contributed by atoms with E-state index in [0.29, 0.717) is 17.3 Å². The first-order valence-electron chi connectivity index (χ1n) is 7.89. The van der Waals surface area contributed by atoms with Crippen LogP contribution in [-0.4, -0.2) is 52.8 Å². The molecule has 7 nitrogen and oxygen atoms in total. The number of primary amides is 1. The summed E-state index contributed by atoms with van der Waals surface area (Å²) in [6.45, 7) is 8.34. The molecule has 0 atom stereocenters. The van der Waals surface area contributed by atoms with Crippen molar-refractivity contribution in [3.63, 3.8) is 0 Å². The van der Waals surface area contributed by atoms with Crippen molar-refractivity contribution in [1.29, 1.82) is 0 Å². The van der Waals surface area contributed by atoms with Gasteiger partial charge in [0.25, 0.3) is 0 Å². The van der Waals surface area contributed by atoms with Gasteiger partial charge in [0, 0.05) is 39.3 Å². The number of nitrogens with zero attached hydrogens (tertiary/aromatic N) is 4. The van der Waals surface area contributed by atoms with Crippen LogP contribution in [0.1, 0.15) is 13.8 Å². The van der Waals surface area contributed by atoms with Gasteiger partial charge in [-0.25, -0.2) is 9.78 Å². The average molecular weight is 317 g/mol. The molecule has 23 heavy (non-hydrogen) atoms. The number of aromatic nitrogens is 2. The van der Waals surface area contributed by atoms with Crippen LogP contribution in [0.4, 0.5) is 10.7 Å². The van der Waals surface area contributed by atoms with Crippen LogP contribution in [0.15, 0.2) is 18.2 Å². The number of carbonyl (C=O) groups excluding carboxylic acids is 1. The molecule has 3 rings (SSSR count). The third-order valence-electron chi connectivity index (χ3n) is 4.39. The zero-order valence-corrected chi connectivity index (χ0v) is 13.8. The largest absolute Gasteiger partial charge is 0.410 e. The van der Waals surface area contributed by atoms with Gasteiger partial charge < -0.3 is 19.9 Å². The molecule has 1 saturated heterocycles. The highest BCUT2D eigenvalue weighted by Gasteiger charge is 2.23. The number of amides is 1. The number of nitrogens with two attached hydrogens (primary N) is 1. The van der Waals surface area contributed by atoms with Crippen LogP contribution in [0.3, 0.4) is 0 Å². The Labute approximate surface area is 135 Å². The van der Waals surface area contributed by atoms with Crippen molar-refractivity contribution >= 4 is 23.1 Å². The second-order valence-electron chi connectivity index (χ2n) is 6.13. The Kier molecular flexibility index (Phi) is 4.12. The van der Waals surface area contributed by atoms with E-state index < -0.39 is 6.09 Å². The third kappa shape index (κ3) is 2.96. The minimum atomic E-state index is -0.824. The first-order valence-corrected chi connectivity index (χ1v) is 7.89. The predicted molar refractivity (Wildman–Crippen MR) is 89.8 cm³/mol. The van der Waals surface area contributed by atoms with Crippen LogP contribution in [0.2, 0.25) is 0 Å². The topological polar surface area (TPSA) is 76.6 Å². The standard InChI is InChI=1S/C16H23N5O2/c1-11(2)20-7-9-21(10-8-20)16-18-14-12(19(16)3)5-4-6-13(14)23-15(17)22/h4-6,11H,7-10H2,1-3H3,(H2,17,22). The summed E-state index contributed by atoms with van der Waals surface area (Å²) in [5.41, 5.74) is 6.72. The molecule has 124 valence electrons. The van der Waals surface area contributed by atoms with Gasteiger partial charge in [0.2, 0.25) is 5.95 Å². The van der Waals surface area contributed by atoms with Crippen LogP contribution in [0.25, 0.3) is 11.0 Å². The van der Waals surface area contributed by atoms with Crippen molar-refractivity contribution in [1.82, 2.24) is 14.5 Å². The highest BCUT2D eigenvalue weighted by atomic mass is 16.5. The first-order chi connectivity index (χ1) is 11.0. The fraction of sp³-hybridized carbons (Fsp3) is 0.500. The molecule has 2 aromatic rings. The van der Waals surface area contributed by atoms with Gasteiger partial charge in [0.15, 0.2) is 5.75 Å². The Morgan fingerprint density at radius 3 is 2.57 bits per heavy atom. The lowest BCUT2D eigenvalue weighted by Gasteiger charge is -2.37. The molecule has 1 fully saturated rings. The number of ether oxygens (including phenoxy) is 1. The van der Waals surface area contributed by atoms with E-state index in [2.05, 4.69) is 23.6 Å². The zero-order chi connectivity index (χ0) is 16.6.